The molecule has 1 aromatic carbocycles. The van der Waals surface area contributed by atoms with Gasteiger partial charge in [0, 0.05) is 5.56 Å². The van der Waals surface area contributed by atoms with Crippen LogP contribution in [-0.4, -0.2) is 22.8 Å². The molecule has 0 aliphatic heterocycles. The summed E-state index contributed by atoms with van der Waals surface area (Å²) in [4.78, 5) is 21.7. The number of hydrogen-bond donors (Lipinski definition) is 2. The van der Waals surface area contributed by atoms with Crippen LogP contribution in [0.1, 0.15) is 74.0 Å². The summed E-state index contributed by atoms with van der Waals surface area (Å²) in [5.41, 5.74) is 2.48. The molecule has 5 nitrogen and oxygen atoms in total. The van der Waals surface area contributed by atoms with Crippen molar-refractivity contribution in [1.29, 1.82) is 0 Å². The third-order valence-electron chi connectivity index (χ3n) is 3.73. The van der Waals surface area contributed by atoms with Crippen molar-refractivity contribution in [3.05, 3.63) is 22.3 Å². The molecule has 0 radical (unpaired) electrons. The van der Waals surface area contributed by atoms with Gasteiger partial charge in [-0.3, -0.25) is 4.89 Å². The highest BCUT2D eigenvalue weighted by atomic mass is 17.2. The van der Waals surface area contributed by atoms with E-state index in [1.807, 2.05) is 20.8 Å². The molecule has 0 unspecified atom stereocenters. The van der Waals surface area contributed by atoms with Crippen LogP contribution in [0.3, 0.4) is 0 Å². The molecular formula is C18H28O5. The van der Waals surface area contributed by atoms with Crippen molar-refractivity contribution in [3.8, 4) is 11.5 Å². The highest BCUT2D eigenvalue weighted by Crippen LogP contribution is 2.41. The Morgan fingerprint density at radius 2 is 1.35 bits per heavy atom. The minimum atomic E-state index is -0.761. The number of phenols is 2. The van der Waals surface area contributed by atoms with Crippen molar-refractivity contribution in [2.24, 2.45) is 0 Å². The molecule has 0 atom stereocenters. The molecule has 0 fully saturated rings. The Bertz CT molecular complexity index is 537. The normalized spacial score (nSPS) is 10.8. The van der Waals surface area contributed by atoms with Gasteiger partial charge in [-0.15, -0.1) is 0 Å². The molecule has 0 aromatic heterocycles. The number of carbonyl (C=O) groups is 1. The Hall–Kier alpha value is -1.75. The van der Waals surface area contributed by atoms with Crippen LogP contribution in [-0.2, 0) is 29.0 Å². The van der Waals surface area contributed by atoms with Crippen molar-refractivity contribution in [3.63, 3.8) is 0 Å². The lowest BCUT2D eigenvalue weighted by atomic mass is 9.87. The molecule has 0 heterocycles. The van der Waals surface area contributed by atoms with Gasteiger partial charge in [0.2, 0.25) is 0 Å². The third-order valence-corrected chi connectivity index (χ3v) is 3.73. The van der Waals surface area contributed by atoms with Gasteiger partial charge in [-0.25, -0.2) is 4.79 Å². The van der Waals surface area contributed by atoms with Crippen molar-refractivity contribution >= 4 is 5.97 Å². The number of aromatic hydroxyl groups is 2. The molecule has 5 heteroatoms. The van der Waals surface area contributed by atoms with Crippen molar-refractivity contribution in [1.82, 2.24) is 0 Å². The smallest absolute Gasteiger partial charge is 0.377 e. The first-order valence-electron chi connectivity index (χ1n) is 8.45. The minimum absolute atomic E-state index is 0.0288. The second-order valence-corrected chi connectivity index (χ2v) is 5.54. The fraction of sp³-hybridized carbons (Fsp3) is 0.611. The van der Waals surface area contributed by atoms with Crippen LogP contribution >= 0.6 is 0 Å². The summed E-state index contributed by atoms with van der Waals surface area (Å²) in [5, 5.41) is 20.8. The number of rotatable bonds is 9. The van der Waals surface area contributed by atoms with Crippen LogP contribution in [0.5, 0.6) is 11.5 Å². The summed E-state index contributed by atoms with van der Waals surface area (Å²) in [7, 11) is 0. The quantitative estimate of drug-likeness (QED) is 0.407. The molecule has 0 aliphatic rings. The van der Waals surface area contributed by atoms with Gasteiger partial charge in [0.25, 0.3) is 0 Å². The van der Waals surface area contributed by atoms with Crippen LogP contribution in [0.25, 0.3) is 0 Å². The van der Waals surface area contributed by atoms with E-state index >= 15 is 0 Å². The van der Waals surface area contributed by atoms with E-state index < -0.39 is 11.7 Å². The standard InChI is InChI=1S/C18H28O5/c1-5-9-12-13(10-6-2)15(18(21)23-22-8-4)17(20)16(19)14(12)11-7-3/h19-20H,5-11H2,1-4H3. The lowest BCUT2D eigenvalue weighted by Gasteiger charge is -2.20. The van der Waals surface area contributed by atoms with Gasteiger partial charge in [-0.1, -0.05) is 40.0 Å². The average Bonchev–Trinajstić information content (AvgIpc) is 2.53. The summed E-state index contributed by atoms with van der Waals surface area (Å²) >= 11 is 0. The maximum absolute atomic E-state index is 12.3. The highest BCUT2D eigenvalue weighted by Gasteiger charge is 2.27. The van der Waals surface area contributed by atoms with Gasteiger partial charge in [0.1, 0.15) is 5.56 Å². The van der Waals surface area contributed by atoms with E-state index in [2.05, 4.69) is 0 Å². The summed E-state index contributed by atoms with van der Waals surface area (Å²) < 4.78 is 0. The number of phenolic OH excluding ortho intramolecular Hbond substituents is 2. The molecule has 0 amide bonds. The van der Waals surface area contributed by atoms with E-state index in [0.717, 1.165) is 42.4 Å². The Morgan fingerprint density at radius 3 is 1.87 bits per heavy atom. The molecule has 0 spiro atoms. The second kappa shape index (κ2) is 9.40. The van der Waals surface area contributed by atoms with Crippen molar-refractivity contribution in [2.45, 2.75) is 66.2 Å². The van der Waals surface area contributed by atoms with Crippen LogP contribution in [0, 0.1) is 0 Å². The summed E-state index contributed by atoms with van der Waals surface area (Å²) in [6, 6.07) is 0. The zero-order valence-corrected chi connectivity index (χ0v) is 14.6. The molecule has 0 bridgehead atoms. The Morgan fingerprint density at radius 1 is 0.826 bits per heavy atom. The third kappa shape index (κ3) is 4.38. The molecule has 2 N–H and O–H groups in total. The maximum Gasteiger partial charge on any atom is 0.377 e. The van der Waals surface area contributed by atoms with Crippen LogP contribution in [0.4, 0.5) is 0 Å². The zero-order chi connectivity index (χ0) is 17.4. The fourth-order valence-electron chi connectivity index (χ4n) is 2.85. The first-order chi connectivity index (χ1) is 11.0. The van der Waals surface area contributed by atoms with Gasteiger partial charge in [-0.2, -0.15) is 4.89 Å². The van der Waals surface area contributed by atoms with Crippen molar-refractivity contribution in [2.75, 3.05) is 6.61 Å². The minimum Gasteiger partial charge on any atom is -0.504 e. The summed E-state index contributed by atoms with van der Waals surface area (Å²) in [6.07, 6.45) is 4.59. The van der Waals surface area contributed by atoms with E-state index in [1.165, 1.54) is 0 Å². The number of carbonyl (C=O) groups excluding carboxylic acids is 1. The summed E-state index contributed by atoms with van der Waals surface area (Å²) in [5.74, 6) is -1.37. The number of benzene rings is 1. The van der Waals surface area contributed by atoms with Crippen LogP contribution < -0.4 is 0 Å². The number of hydrogen-bond acceptors (Lipinski definition) is 5. The first-order valence-corrected chi connectivity index (χ1v) is 8.45. The molecule has 0 saturated heterocycles. The predicted molar refractivity (Wildman–Crippen MR) is 88.8 cm³/mol. The zero-order valence-electron chi connectivity index (χ0n) is 14.6. The second-order valence-electron chi connectivity index (χ2n) is 5.54. The van der Waals surface area contributed by atoms with E-state index in [-0.39, 0.29) is 17.9 Å². The van der Waals surface area contributed by atoms with Gasteiger partial charge < -0.3 is 10.2 Å². The first kappa shape index (κ1) is 19.3. The van der Waals surface area contributed by atoms with Gasteiger partial charge in [0.05, 0.1) is 6.61 Å². The van der Waals surface area contributed by atoms with Crippen molar-refractivity contribution < 1.29 is 24.8 Å². The Kier molecular flexibility index (Phi) is 7.89. The van der Waals surface area contributed by atoms with E-state index in [1.54, 1.807) is 6.92 Å². The monoisotopic (exact) mass is 324 g/mol. The highest BCUT2D eigenvalue weighted by molar-refractivity contribution is 5.95. The average molecular weight is 324 g/mol. The van der Waals surface area contributed by atoms with E-state index in [9.17, 15) is 15.0 Å². The lowest BCUT2D eigenvalue weighted by Crippen LogP contribution is -2.14. The maximum atomic E-state index is 12.3. The molecule has 130 valence electrons. The Balaban J connectivity index is 3.56. The predicted octanol–water partition coefficient (Wildman–Crippen LogP) is 4.06. The fourth-order valence-corrected chi connectivity index (χ4v) is 2.85. The Labute approximate surface area is 138 Å². The molecule has 0 aliphatic carbocycles. The van der Waals surface area contributed by atoms with Gasteiger partial charge >= 0.3 is 5.97 Å². The molecule has 0 saturated carbocycles. The topological polar surface area (TPSA) is 76.0 Å². The summed E-state index contributed by atoms with van der Waals surface area (Å²) in [6.45, 7) is 8.00. The SMILES string of the molecule is CCCc1c(O)c(O)c(C(=O)OOCC)c(CCC)c1CCC. The van der Waals surface area contributed by atoms with E-state index in [0.29, 0.717) is 12.8 Å². The lowest BCUT2D eigenvalue weighted by molar-refractivity contribution is -0.237. The van der Waals surface area contributed by atoms with Gasteiger partial charge in [-0.05, 0) is 37.3 Å². The largest absolute Gasteiger partial charge is 0.504 e. The molecule has 1 aromatic rings. The molecule has 1 rings (SSSR count). The molecule has 23 heavy (non-hydrogen) atoms. The molecular weight excluding hydrogens is 296 g/mol. The van der Waals surface area contributed by atoms with Crippen LogP contribution in [0.15, 0.2) is 0 Å². The van der Waals surface area contributed by atoms with Gasteiger partial charge in [0.15, 0.2) is 11.5 Å². The van der Waals surface area contributed by atoms with E-state index in [4.69, 9.17) is 9.78 Å². The van der Waals surface area contributed by atoms with Crippen LogP contribution in [0.2, 0.25) is 0 Å².